The van der Waals surface area contributed by atoms with Crippen LogP contribution in [0.4, 0.5) is 5.82 Å². The third-order valence-electron chi connectivity index (χ3n) is 2.71. The van der Waals surface area contributed by atoms with Crippen LogP contribution >= 0.6 is 0 Å². The van der Waals surface area contributed by atoms with E-state index in [0.717, 1.165) is 12.8 Å². The highest BCUT2D eigenvalue weighted by molar-refractivity contribution is 5.93. The zero-order valence-corrected chi connectivity index (χ0v) is 9.47. The molecule has 1 saturated carbocycles. The highest BCUT2D eigenvalue weighted by Gasteiger charge is 2.33. The first-order valence-corrected chi connectivity index (χ1v) is 5.61. The van der Waals surface area contributed by atoms with Gasteiger partial charge in [0.1, 0.15) is 11.5 Å². The van der Waals surface area contributed by atoms with Crippen molar-refractivity contribution in [3.63, 3.8) is 0 Å². The monoisotopic (exact) mass is 236 g/mol. The van der Waals surface area contributed by atoms with E-state index in [1.807, 2.05) is 0 Å². The quantitative estimate of drug-likeness (QED) is 0.493. The molecule has 0 bridgehead atoms. The van der Waals surface area contributed by atoms with Crippen molar-refractivity contribution in [2.24, 2.45) is 5.84 Å². The molecule has 1 aliphatic rings. The van der Waals surface area contributed by atoms with E-state index in [4.69, 9.17) is 10.9 Å². The number of nitrogens with one attached hydrogen (secondary N) is 1. The first kappa shape index (κ1) is 11.8. The molecule has 0 unspecified atom stereocenters. The summed E-state index contributed by atoms with van der Waals surface area (Å²) in [6.07, 6.45) is 2.00. The summed E-state index contributed by atoms with van der Waals surface area (Å²) in [5.41, 5.74) is 2.75. The van der Waals surface area contributed by atoms with E-state index in [1.165, 1.54) is 0 Å². The van der Waals surface area contributed by atoms with Crippen LogP contribution in [0.1, 0.15) is 23.3 Å². The number of hydrazine groups is 1. The largest absolute Gasteiger partial charge is 0.395 e. The number of nitrogen functional groups attached to an aromatic ring is 1. The molecule has 0 aromatic carbocycles. The third kappa shape index (κ3) is 2.72. The van der Waals surface area contributed by atoms with Gasteiger partial charge < -0.3 is 15.4 Å². The number of aromatic nitrogens is 1. The van der Waals surface area contributed by atoms with Gasteiger partial charge in [-0.1, -0.05) is 6.07 Å². The second kappa shape index (κ2) is 5.11. The van der Waals surface area contributed by atoms with Gasteiger partial charge in [-0.3, -0.25) is 4.79 Å². The van der Waals surface area contributed by atoms with Crippen LogP contribution in [0.15, 0.2) is 18.2 Å². The molecule has 6 nitrogen and oxygen atoms in total. The minimum atomic E-state index is -0.154. The van der Waals surface area contributed by atoms with Gasteiger partial charge in [0, 0.05) is 12.6 Å². The number of nitrogens with zero attached hydrogens (tertiary/aromatic N) is 2. The van der Waals surface area contributed by atoms with Crippen molar-refractivity contribution in [3.8, 4) is 0 Å². The number of carbonyl (C=O) groups excluding carboxylic acids is 1. The lowest BCUT2D eigenvalue weighted by atomic mass is 10.3. The molecule has 0 spiro atoms. The predicted octanol–water partition coefficient (Wildman–Crippen LogP) is -0.0359. The molecule has 1 fully saturated rings. The smallest absolute Gasteiger partial charge is 0.272 e. The van der Waals surface area contributed by atoms with Crippen molar-refractivity contribution in [2.75, 3.05) is 18.6 Å². The number of aliphatic hydroxyl groups excluding tert-OH is 1. The summed E-state index contributed by atoms with van der Waals surface area (Å²) in [6.45, 7) is 0.322. The lowest BCUT2D eigenvalue weighted by molar-refractivity contribution is 0.0702. The van der Waals surface area contributed by atoms with Crippen LogP contribution < -0.4 is 11.3 Å². The number of aliphatic hydroxyl groups is 1. The van der Waals surface area contributed by atoms with Crippen molar-refractivity contribution in [1.29, 1.82) is 0 Å². The number of hydrogen-bond donors (Lipinski definition) is 3. The maximum Gasteiger partial charge on any atom is 0.272 e. The predicted molar refractivity (Wildman–Crippen MR) is 63.2 cm³/mol. The molecule has 92 valence electrons. The fourth-order valence-electron chi connectivity index (χ4n) is 1.73. The second-order valence-corrected chi connectivity index (χ2v) is 4.01. The molecule has 0 saturated heterocycles. The molecule has 0 aliphatic heterocycles. The van der Waals surface area contributed by atoms with Gasteiger partial charge in [0.2, 0.25) is 0 Å². The van der Waals surface area contributed by atoms with E-state index in [0.29, 0.717) is 18.1 Å². The summed E-state index contributed by atoms with van der Waals surface area (Å²) < 4.78 is 0. The van der Waals surface area contributed by atoms with Gasteiger partial charge >= 0.3 is 0 Å². The molecular formula is C11H16N4O2. The molecule has 1 aromatic heterocycles. The lowest BCUT2D eigenvalue weighted by Gasteiger charge is -2.20. The zero-order chi connectivity index (χ0) is 12.3. The Kier molecular flexibility index (Phi) is 3.55. The van der Waals surface area contributed by atoms with Crippen molar-refractivity contribution in [2.45, 2.75) is 18.9 Å². The van der Waals surface area contributed by atoms with Gasteiger partial charge in [-0.25, -0.2) is 10.8 Å². The normalized spacial score (nSPS) is 14.5. The van der Waals surface area contributed by atoms with Crippen LogP contribution in [0.25, 0.3) is 0 Å². The average molecular weight is 236 g/mol. The summed E-state index contributed by atoms with van der Waals surface area (Å²) in [4.78, 5) is 17.9. The number of anilines is 1. The summed E-state index contributed by atoms with van der Waals surface area (Å²) >= 11 is 0. The number of nitrogens with two attached hydrogens (primary N) is 1. The number of hydrogen-bond acceptors (Lipinski definition) is 5. The number of pyridine rings is 1. The Morgan fingerprint density at radius 1 is 1.59 bits per heavy atom. The van der Waals surface area contributed by atoms with Crippen LogP contribution in [0, 0.1) is 0 Å². The van der Waals surface area contributed by atoms with Crippen LogP contribution in [0.5, 0.6) is 0 Å². The minimum Gasteiger partial charge on any atom is -0.395 e. The van der Waals surface area contributed by atoms with E-state index in [-0.39, 0.29) is 18.6 Å². The molecule has 4 N–H and O–H groups in total. The van der Waals surface area contributed by atoms with Gasteiger partial charge in [-0.05, 0) is 25.0 Å². The van der Waals surface area contributed by atoms with E-state index in [1.54, 1.807) is 23.1 Å². The molecule has 2 rings (SSSR count). The van der Waals surface area contributed by atoms with Crippen molar-refractivity contribution < 1.29 is 9.90 Å². The molecule has 0 radical (unpaired) electrons. The summed E-state index contributed by atoms with van der Waals surface area (Å²) in [7, 11) is 0. The van der Waals surface area contributed by atoms with Crippen molar-refractivity contribution in [3.05, 3.63) is 23.9 Å². The van der Waals surface area contributed by atoms with E-state index in [9.17, 15) is 4.79 Å². The van der Waals surface area contributed by atoms with Gasteiger partial charge in [0.15, 0.2) is 0 Å². The fourth-order valence-corrected chi connectivity index (χ4v) is 1.73. The maximum atomic E-state index is 12.2. The minimum absolute atomic E-state index is 0.0307. The molecule has 17 heavy (non-hydrogen) atoms. The topological polar surface area (TPSA) is 91.5 Å². The van der Waals surface area contributed by atoms with Crippen molar-refractivity contribution in [1.82, 2.24) is 9.88 Å². The lowest BCUT2D eigenvalue weighted by Crippen LogP contribution is -2.36. The molecule has 0 atom stereocenters. The van der Waals surface area contributed by atoms with Gasteiger partial charge in [0.05, 0.1) is 6.61 Å². The van der Waals surface area contributed by atoms with Crippen LogP contribution in [-0.2, 0) is 0 Å². The number of rotatable bonds is 5. The highest BCUT2D eigenvalue weighted by Crippen LogP contribution is 2.27. The first-order chi connectivity index (χ1) is 8.26. The Morgan fingerprint density at radius 3 is 2.94 bits per heavy atom. The summed E-state index contributed by atoms with van der Waals surface area (Å²) in [6, 6.07) is 5.31. The van der Waals surface area contributed by atoms with Crippen LogP contribution in [-0.4, -0.2) is 40.1 Å². The maximum absolute atomic E-state index is 12.2. The Labute approximate surface area is 99.4 Å². The Morgan fingerprint density at radius 2 is 2.35 bits per heavy atom. The second-order valence-electron chi connectivity index (χ2n) is 4.01. The highest BCUT2D eigenvalue weighted by atomic mass is 16.3. The van der Waals surface area contributed by atoms with Crippen molar-refractivity contribution >= 4 is 11.7 Å². The Bertz CT molecular complexity index is 406. The molecule has 1 aliphatic carbocycles. The standard InChI is InChI=1S/C11H16N4O2/c12-14-10-3-1-2-9(13-10)11(17)15(6-7-16)8-4-5-8/h1-3,8,16H,4-7,12H2,(H,13,14). The van der Waals surface area contributed by atoms with Gasteiger partial charge in [0.25, 0.3) is 5.91 Å². The van der Waals surface area contributed by atoms with E-state index < -0.39 is 0 Å². The number of carbonyl (C=O) groups is 1. The summed E-state index contributed by atoms with van der Waals surface area (Å²) in [5, 5.41) is 8.96. The van der Waals surface area contributed by atoms with Crippen LogP contribution in [0.2, 0.25) is 0 Å². The number of amides is 1. The third-order valence-corrected chi connectivity index (χ3v) is 2.71. The zero-order valence-electron chi connectivity index (χ0n) is 9.47. The SMILES string of the molecule is NNc1cccc(C(=O)N(CCO)C2CC2)n1. The first-order valence-electron chi connectivity index (χ1n) is 5.61. The van der Waals surface area contributed by atoms with Gasteiger partial charge in [-0.15, -0.1) is 0 Å². The molecule has 1 heterocycles. The molecule has 1 aromatic rings. The Hall–Kier alpha value is -1.66. The fraction of sp³-hybridized carbons (Fsp3) is 0.455. The van der Waals surface area contributed by atoms with Gasteiger partial charge in [-0.2, -0.15) is 0 Å². The van der Waals surface area contributed by atoms with E-state index in [2.05, 4.69) is 10.4 Å². The van der Waals surface area contributed by atoms with E-state index >= 15 is 0 Å². The molecule has 6 heteroatoms. The Balaban J connectivity index is 2.15. The molecular weight excluding hydrogens is 220 g/mol. The summed E-state index contributed by atoms with van der Waals surface area (Å²) in [5.74, 6) is 5.55. The van der Waals surface area contributed by atoms with Crippen LogP contribution in [0.3, 0.4) is 0 Å². The average Bonchev–Trinajstić information content (AvgIpc) is 3.19. The molecule has 1 amide bonds.